The second-order valence-electron chi connectivity index (χ2n) is 3.71. The summed E-state index contributed by atoms with van der Waals surface area (Å²) in [6, 6.07) is 1.51. The van der Waals surface area contributed by atoms with Crippen molar-refractivity contribution in [3.63, 3.8) is 0 Å². The summed E-state index contributed by atoms with van der Waals surface area (Å²) in [5, 5.41) is 4.22. The number of nitrogens with one attached hydrogen (secondary N) is 1. The first-order valence-electron chi connectivity index (χ1n) is 5.63. The zero-order valence-corrected chi connectivity index (χ0v) is 10.4. The lowest BCUT2D eigenvalue weighted by molar-refractivity contribution is 0.395. The highest BCUT2D eigenvalue weighted by Gasteiger charge is 2.16. The maximum atomic E-state index is 5.59. The van der Waals surface area contributed by atoms with Crippen LogP contribution in [0, 0.1) is 0 Å². The van der Waals surface area contributed by atoms with Gasteiger partial charge >= 0.3 is 0 Å². The average Bonchev–Trinajstić information content (AvgIpc) is 2.88. The van der Waals surface area contributed by atoms with E-state index in [9.17, 15) is 0 Å². The van der Waals surface area contributed by atoms with Crippen LogP contribution in [0.4, 0.5) is 0 Å². The molecule has 7 nitrogen and oxygen atoms in total. The van der Waals surface area contributed by atoms with E-state index in [1.807, 2.05) is 17.8 Å². The molecule has 0 bridgehead atoms. The number of aryl methyl sites for hydroxylation is 1. The fraction of sp³-hybridized carbons (Fsp3) is 0.364. The summed E-state index contributed by atoms with van der Waals surface area (Å²) in [5.74, 6) is 6.09. The predicted octanol–water partition coefficient (Wildman–Crippen LogP) is 0.254. The molecule has 3 N–H and O–H groups in total. The number of hydrazine groups is 1. The molecule has 1 atom stereocenters. The van der Waals surface area contributed by atoms with E-state index in [-0.39, 0.29) is 6.04 Å². The quantitative estimate of drug-likeness (QED) is 0.582. The summed E-state index contributed by atoms with van der Waals surface area (Å²) in [4.78, 5) is 8.17. The van der Waals surface area contributed by atoms with Crippen LogP contribution in [-0.2, 0) is 6.54 Å². The standard InChI is InChI=1S/C11H16N6O/c1-3-17-6-8(5-15-17)11(16-12)9-4-10(18-2)14-7-13-9/h4-7,11,16H,3,12H2,1-2H3. The van der Waals surface area contributed by atoms with Gasteiger partial charge in [-0.25, -0.2) is 15.4 Å². The van der Waals surface area contributed by atoms with E-state index >= 15 is 0 Å². The van der Waals surface area contributed by atoms with Crippen LogP contribution >= 0.6 is 0 Å². The maximum Gasteiger partial charge on any atom is 0.216 e. The van der Waals surface area contributed by atoms with Gasteiger partial charge < -0.3 is 4.74 Å². The number of rotatable bonds is 5. The molecule has 0 aromatic carbocycles. The van der Waals surface area contributed by atoms with E-state index < -0.39 is 0 Å². The lowest BCUT2D eigenvalue weighted by Gasteiger charge is -2.13. The molecule has 0 aliphatic rings. The molecule has 0 spiro atoms. The summed E-state index contributed by atoms with van der Waals surface area (Å²) in [6.45, 7) is 2.83. The molecule has 0 saturated heterocycles. The van der Waals surface area contributed by atoms with Gasteiger partial charge in [-0.2, -0.15) is 5.10 Å². The Bertz CT molecular complexity index is 512. The van der Waals surface area contributed by atoms with Gasteiger partial charge in [-0.1, -0.05) is 0 Å². The van der Waals surface area contributed by atoms with Gasteiger partial charge in [-0.3, -0.25) is 10.5 Å². The fourth-order valence-corrected chi connectivity index (χ4v) is 1.68. The highest BCUT2D eigenvalue weighted by molar-refractivity contribution is 5.26. The van der Waals surface area contributed by atoms with Gasteiger partial charge in [0.05, 0.1) is 25.0 Å². The van der Waals surface area contributed by atoms with Crippen LogP contribution in [0.1, 0.15) is 24.2 Å². The Hall–Kier alpha value is -1.99. The highest BCUT2D eigenvalue weighted by Crippen LogP contribution is 2.20. The van der Waals surface area contributed by atoms with E-state index in [1.165, 1.54) is 6.33 Å². The predicted molar refractivity (Wildman–Crippen MR) is 65.7 cm³/mol. The minimum atomic E-state index is -0.234. The van der Waals surface area contributed by atoms with Crippen molar-refractivity contribution in [2.45, 2.75) is 19.5 Å². The van der Waals surface area contributed by atoms with Crippen molar-refractivity contribution in [1.29, 1.82) is 0 Å². The molecule has 0 fully saturated rings. The largest absolute Gasteiger partial charge is 0.481 e. The minimum absolute atomic E-state index is 0.234. The average molecular weight is 248 g/mol. The van der Waals surface area contributed by atoms with Crippen LogP contribution < -0.4 is 16.0 Å². The van der Waals surface area contributed by atoms with Crippen LogP contribution in [0.3, 0.4) is 0 Å². The summed E-state index contributed by atoms with van der Waals surface area (Å²) in [6.07, 6.45) is 5.14. The number of ether oxygens (including phenoxy) is 1. The minimum Gasteiger partial charge on any atom is -0.481 e. The zero-order chi connectivity index (χ0) is 13.0. The van der Waals surface area contributed by atoms with Crippen molar-refractivity contribution in [2.75, 3.05) is 7.11 Å². The zero-order valence-electron chi connectivity index (χ0n) is 10.4. The Kier molecular flexibility index (Phi) is 3.85. The molecule has 18 heavy (non-hydrogen) atoms. The van der Waals surface area contributed by atoms with Gasteiger partial charge in [0.15, 0.2) is 0 Å². The second kappa shape index (κ2) is 5.56. The molecule has 2 aromatic heterocycles. The Morgan fingerprint density at radius 2 is 2.33 bits per heavy atom. The van der Waals surface area contributed by atoms with Crippen LogP contribution in [0.15, 0.2) is 24.8 Å². The molecule has 2 rings (SSSR count). The smallest absolute Gasteiger partial charge is 0.216 e. The molecule has 0 aliphatic heterocycles. The molecule has 2 aromatic rings. The lowest BCUT2D eigenvalue weighted by Crippen LogP contribution is -2.29. The highest BCUT2D eigenvalue weighted by atomic mass is 16.5. The number of aromatic nitrogens is 4. The van der Waals surface area contributed by atoms with Gasteiger partial charge in [0.1, 0.15) is 6.33 Å². The first-order valence-corrected chi connectivity index (χ1v) is 5.63. The number of nitrogens with two attached hydrogens (primary N) is 1. The number of nitrogens with zero attached hydrogens (tertiary/aromatic N) is 4. The number of hydrogen-bond acceptors (Lipinski definition) is 6. The number of methoxy groups -OCH3 is 1. The van der Waals surface area contributed by atoms with E-state index in [1.54, 1.807) is 19.4 Å². The first kappa shape index (κ1) is 12.5. The Morgan fingerprint density at radius 3 is 2.94 bits per heavy atom. The molecule has 7 heteroatoms. The molecule has 1 unspecified atom stereocenters. The Labute approximate surface area is 105 Å². The Morgan fingerprint density at radius 1 is 1.50 bits per heavy atom. The van der Waals surface area contributed by atoms with E-state index in [2.05, 4.69) is 20.5 Å². The Balaban J connectivity index is 2.32. The third-order valence-electron chi connectivity index (χ3n) is 2.65. The molecule has 0 amide bonds. The van der Waals surface area contributed by atoms with Crippen molar-refractivity contribution in [3.8, 4) is 5.88 Å². The SMILES string of the molecule is CCn1cc(C(NN)c2cc(OC)ncn2)cn1. The van der Waals surface area contributed by atoms with E-state index in [0.29, 0.717) is 5.88 Å². The first-order chi connectivity index (χ1) is 8.78. The molecule has 0 aliphatic carbocycles. The van der Waals surface area contributed by atoms with Gasteiger partial charge in [0.2, 0.25) is 5.88 Å². The third-order valence-corrected chi connectivity index (χ3v) is 2.65. The van der Waals surface area contributed by atoms with Crippen molar-refractivity contribution in [3.05, 3.63) is 36.0 Å². The summed E-state index contributed by atoms with van der Waals surface area (Å²) < 4.78 is 6.90. The van der Waals surface area contributed by atoms with E-state index in [4.69, 9.17) is 10.6 Å². The molecule has 2 heterocycles. The van der Waals surface area contributed by atoms with Crippen molar-refractivity contribution >= 4 is 0 Å². The van der Waals surface area contributed by atoms with Crippen molar-refractivity contribution in [1.82, 2.24) is 25.2 Å². The van der Waals surface area contributed by atoms with Gasteiger partial charge in [0, 0.05) is 24.4 Å². The molecule has 96 valence electrons. The van der Waals surface area contributed by atoms with E-state index in [0.717, 1.165) is 17.8 Å². The van der Waals surface area contributed by atoms with Crippen LogP contribution in [0.25, 0.3) is 0 Å². The van der Waals surface area contributed by atoms with Crippen LogP contribution in [0.5, 0.6) is 5.88 Å². The van der Waals surface area contributed by atoms with Gasteiger partial charge in [-0.15, -0.1) is 0 Å². The molecule has 0 saturated carbocycles. The monoisotopic (exact) mass is 248 g/mol. The molecular weight excluding hydrogens is 232 g/mol. The van der Waals surface area contributed by atoms with Gasteiger partial charge in [0.25, 0.3) is 0 Å². The fourth-order valence-electron chi connectivity index (χ4n) is 1.68. The van der Waals surface area contributed by atoms with Crippen LogP contribution in [-0.4, -0.2) is 26.9 Å². The summed E-state index contributed by atoms with van der Waals surface area (Å²) in [7, 11) is 1.56. The van der Waals surface area contributed by atoms with Crippen molar-refractivity contribution in [2.24, 2.45) is 5.84 Å². The maximum absolute atomic E-state index is 5.59. The number of hydrogen-bond donors (Lipinski definition) is 2. The summed E-state index contributed by atoms with van der Waals surface area (Å²) in [5.41, 5.74) is 4.40. The normalized spacial score (nSPS) is 12.4. The molecular formula is C11H16N6O. The summed E-state index contributed by atoms with van der Waals surface area (Å²) >= 11 is 0. The second-order valence-corrected chi connectivity index (χ2v) is 3.71. The molecule has 0 radical (unpaired) electrons. The van der Waals surface area contributed by atoms with Crippen LogP contribution in [0.2, 0.25) is 0 Å². The van der Waals surface area contributed by atoms with Gasteiger partial charge in [-0.05, 0) is 6.92 Å². The lowest BCUT2D eigenvalue weighted by atomic mass is 10.1. The van der Waals surface area contributed by atoms with Crippen molar-refractivity contribution < 1.29 is 4.74 Å². The topological polar surface area (TPSA) is 90.9 Å². The third kappa shape index (κ3) is 2.47.